The lowest BCUT2D eigenvalue weighted by atomic mass is 9.48. The first kappa shape index (κ1) is 29.0. The highest BCUT2D eigenvalue weighted by Gasteiger charge is 2.82. The quantitative estimate of drug-likeness (QED) is 0.218. The Labute approximate surface area is 236 Å². The average Bonchev–Trinajstić information content (AvgIpc) is 3.57. The number of hydrogen-bond acceptors (Lipinski definition) is 12. The largest absolute Gasteiger partial charge is 0.469 e. The molecule has 0 radical (unpaired) electrons. The first-order chi connectivity index (χ1) is 19.0. The Morgan fingerprint density at radius 1 is 1.10 bits per heavy atom. The van der Waals surface area contributed by atoms with Gasteiger partial charge in [-0.15, -0.1) is 0 Å². The maximum atomic E-state index is 13.2. The summed E-state index contributed by atoms with van der Waals surface area (Å²) in [5.41, 5.74) is -4.38. The Kier molecular flexibility index (Phi) is 6.54. The average molecular weight is 575 g/mol. The number of carbonyl (C=O) groups is 5. The highest BCUT2D eigenvalue weighted by atomic mass is 16.7. The fourth-order valence-corrected chi connectivity index (χ4v) is 7.84. The van der Waals surface area contributed by atoms with Crippen molar-refractivity contribution in [1.82, 2.24) is 0 Å². The number of methoxy groups -OCH3 is 1. The Hall–Kier alpha value is -3.51. The number of rotatable bonds is 5. The van der Waals surface area contributed by atoms with Gasteiger partial charge in [-0.2, -0.15) is 0 Å². The van der Waals surface area contributed by atoms with E-state index in [4.69, 9.17) is 28.4 Å². The topological polar surface area (TPSA) is 164 Å². The van der Waals surface area contributed by atoms with Crippen LogP contribution in [0.4, 0.5) is 0 Å². The van der Waals surface area contributed by atoms with Crippen molar-refractivity contribution in [2.45, 2.75) is 83.3 Å². The molecule has 4 heterocycles. The zero-order valence-corrected chi connectivity index (χ0v) is 23.8. The van der Waals surface area contributed by atoms with Crippen molar-refractivity contribution < 1.29 is 57.5 Å². The van der Waals surface area contributed by atoms with Gasteiger partial charge in [0.15, 0.2) is 6.10 Å². The van der Waals surface area contributed by atoms with Gasteiger partial charge in [-0.3, -0.25) is 9.59 Å². The van der Waals surface area contributed by atoms with Crippen LogP contribution in [-0.2, 0) is 52.4 Å². The molecule has 1 saturated carbocycles. The number of esters is 5. The molecule has 1 N–H and O–H groups in total. The van der Waals surface area contributed by atoms with Crippen molar-refractivity contribution >= 4 is 29.8 Å². The van der Waals surface area contributed by atoms with E-state index in [9.17, 15) is 29.1 Å². The summed E-state index contributed by atoms with van der Waals surface area (Å²) >= 11 is 0. The molecule has 0 unspecified atom stereocenters. The van der Waals surface area contributed by atoms with E-state index in [0.717, 1.165) is 6.08 Å². The summed E-state index contributed by atoms with van der Waals surface area (Å²) in [6, 6.07) is 0. The summed E-state index contributed by atoms with van der Waals surface area (Å²) in [4.78, 5) is 63.0. The van der Waals surface area contributed by atoms with Gasteiger partial charge in [0.2, 0.25) is 6.29 Å². The lowest BCUT2D eigenvalue weighted by Gasteiger charge is -2.57. The van der Waals surface area contributed by atoms with E-state index in [-0.39, 0.29) is 18.4 Å². The van der Waals surface area contributed by atoms with Gasteiger partial charge in [0.05, 0.1) is 13.5 Å². The van der Waals surface area contributed by atoms with Crippen molar-refractivity contribution in [3.8, 4) is 0 Å². The van der Waals surface area contributed by atoms with Gasteiger partial charge in [0, 0.05) is 47.3 Å². The first-order valence-corrected chi connectivity index (χ1v) is 13.4. The third-order valence-corrected chi connectivity index (χ3v) is 9.56. The van der Waals surface area contributed by atoms with Gasteiger partial charge in [-0.05, 0) is 25.8 Å². The Bertz CT molecular complexity index is 1310. The second-order valence-corrected chi connectivity index (χ2v) is 12.3. The summed E-state index contributed by atoms with van der Waals surface area (Å²) in [6.45, 7) is 12.6. The van der Waals surface area contributed by atoms with Gasteiger partial charge >= 0.3 is 29.8 Å². The summed E-state index contributed by atoms with van der Waals surface area (Å²) in [6.07, 6.45) is -0.894. The Morgan fingerprint density at radius 3 is 2.37 bits per heavy atom. The molecule has 0 aromatic carbocycles. The molecular formula is C29H34O12. The van der Waals surface area contributed by atoms with E-state index in [1.807, 2.05) is 6.92 Å². The van der Waals surface area contributed by atoms with Gasteiger partial charge < -0.3 is 33.5 Å². The van der Waals surface area contributed by atoms with Gasteiger partial charge in [0.1, 0.15) is 23.4 Å². The zero-order chi connectivity index (χ0) is 30.3. The van der Waals surface area contributed by atoms with Crippen molar-refractivity contribution in [2.75, 3.05) is 7.11 Å². The summed E-state index contributed by atoms with van der Waals surface area (Å²) < 4.78 is 33.4. The lowest BCUT2D eigenvalue weighted by molar-refractivity contribution is -0.185. The fourth-order valence-electron chi connectivity index (χ4n) is 7.84. The summed E-state index contributed by atoms with van der Waals surface area (Å²) in [5, 5.41) is 10.5. The fraction of sp³-hybridized carbons (Fsp3) is 0.621. The number of aliphatic hydroxyl groups excluding tert-OH is 1. The molecule has 12 nitrogen and oxygen atoms in total. The van der Waals surface area contributed by atoms with Gasteiger partial charge in [-0.1, -0.05) is 26.5 Å². The molecule has 1 aliphatic carbocycles. The van der Waals surface area contributed by atoms with Gasteiger partial charge in [0.25, 0.3) is 0 Å². The van der Waals surface area contributed by atoms with E-state index < -0.39 is 88.3 Å². The number of carbonyl (C=O) groups excluding carboxylic acids is 5. The van der Waals surface area contributed by atoms with E-state index >= 15 is 0 Å². The number of aliphatic hydroxyl groups is 1. The maximum Gasteiger partial charge on any atom is 0.339 e. The molecule has 2 saturated heterocycles. The van der Waals surface area contributed by atoms with E-state index in [0.29, 0.717) is 5.57 Å². The van der Waals surface area contributed by atoms with Crippen molar-refractivity contribution in [1.29, 1.82) is 0 Å². The van der Waals surface area contributed by atoms with E-state index in [1.165, 1.54) is 20.1 Å². The van der Waals surface area contributed by atoms with Crippen LogP contribution < -0.4 is 0 Å². The number of cyclic esters (lactones) is 3. The Balaban J connectivity index is 1.68. The number of ether oxygens (including phenoxy) is 6. The minimum Gasteiger partial charge on any atom is -0.469 e. The van der Waals surface area contributed by atoms with Crippen molar-refractivity contribution in [3.05, 3.63) is 36.0 Å². The number of epoxide rings is 1. The molecule has 1 spiro atoms. The smallest absolute Gasteiger partial charge is 0.339 e. The summed E-state index contributed by atoms with van der Waals surface area (Å²) in [5.74, 6) is -4.73. The van der Waals surface area contributed by atoms with E-state index in [1.54, 1.807) is 26.8 Å². The third-order valence-electron chi connectivity index (χ3n) is 9.56. The highest BCUT2D eigenvalue weighted by molar-refractivity contribution is 5.88. The van der Waals surface area contributed by atoms with Crippen LogP contribution >= 0.6 is 0 Å². The molecule has 5 rings (SSSR count). The van der Waals surface area contributed by atoms with Crippen LogP contribution in [0.2, 0.25) is 0 Å². The highest BCUT2D eigenvalue weighted by Crippen LogP contribution is 2.70. The molecule has 41 heavy (non-hydrogen) atoms. The Morgan fingerprint density at radius 2 is 1.78 bits per heavy atom. The standard InChI is InChI=1S/C29H34O12/c1-13-21(27(5)9-8-18(31)40-26(3,4)17(27)11-19(32)36-7)16(37-14(2)30)12-28(6)22(15-10-20(33)38-24(15)34)39-25(35)23-29(13,28)41-23/h8-10,16-17,21-24,34H,1,11-12H2,2-7H3/t16-,17-,21+,22-,23+,24+,27-,28-,29+/m0/s1. The molecule has 0 aromatic heterocycles. The third kappa shape index (κ3) is 4.13. The SMILES string of the molecule is C=C1[C@@H]([C@@]2(C)C=CC(=O)OC(C)(C)[C@@H]2CC(=O)OC)[C@@H](OC(C)=O)C[C@@]2(C)[C@H](C3=CC(=O)O[C@H]3O)OC(=O)[C@H]3O[C@]132. The monoisotopic (exact) mass is 574 g/mol. The first-order valence-electron chi connectivity index (χ1n) is 13.4. The van der Waals surface area contributed by atoms with Crippen molar-refractivity contribution in [3.63, 3.8) is 0 Å². The number of hydrogen-bond donors (Lipinski definition) is 1. The van der Waals surface area contributed by atoms with Crippen LogP contribution in [0.3, 0.4) is 0 Å². The molecule has 0 amide bonds. The van der Waals surface area contributed by atoms with Crippen LogP contribution in [0, 0.1) is 22.7 Å². The summed E-state index contributed by atoms with van der Waals surface area (Å²) in [7, 11) is 1.26. The van der Waals surface area contributed by atoms with Crippen LogP contribution in [0.15, 0.2) is 36.0 Å². The second-order valence-electron chi connectivity index (χ2n) is 12.3. The lowest BCUT2D eigenvalue weighted by Crippen LogP contribution is -2.65. The molecule has 9 atom stereocenters. The van der Waals surface area contributed by atoms with Crippen molar-refractivity contribution in [2.24, 2.45) is 22.7 Å². The van der Waals surface area contributed by atoms with Crippen LogP contribution in [0.1, 0.15) is 47.5 Å². The van der Waals surface area contributed by atoms with E-state index in [2.05, 4.69) is 6.58 Å². The van der Waals surface area contributed by atoms with Crippen LogP contribution in [0.25, 0.3) is 0 Å². The minimum absolute atomic E-state index is 0.0382. The molecule has 222 valence electrons. The molecule has 5 aliphatic rings. The molecule has 3 fully saturated rings. The maximum absolute atomic E-state index is 13.2. The zero-order valence-electron chi connectivity index (χ0n) is 23.8. The molecule has 4 aliphatic heterocycles. The predicted molar refractivity (Wildman–Crippen MR) is 136 cm³/mol. The van der Waals surface area contributed by atoms with Crippen LogP contribution in [-0.4, -0.2) is 77.9 Å². The molecule has 12 heteroatoms. The second kappa shape index (κ2) is 9.25. The normalized spacial score (nSPS) is 42.5. The van der Waals surface area contributed by atoms with Crippen LogP contribution in [0.5, 0.6) is 0 Å². The molecular weight excluding hydrogens is 540 g/mol. The number of allylic oxidation sites excluding steroid dienone is 1. The molecule has 0 bridgehead atoms. The van der Waals surface area contributed by atoms with Gasteiger partial charge in [-0.25, -0.2) is 14.4 Å². The molecule has 0 aromatic rings. The predicted octanol–water partition coefficient (Wildman–Crippen LogP) is 1.44. The minimum atomic E-state index is -1.64.